The van der Waals surface area contributed by atoms with Crippen molar-refractivity contribution in [3.63, 3.8) is 0 Å². The number of fused-ring (bicyclic) bond motifs is 2. The molecule has 102 valence electrons. The van der Waals surface area contributed by atoms with Gasteiger partial charge in [-0.1, -0.05) is 18.2 Å². The summed E-state index contributed by atoms with van der Waals surface area (Å²) < 4.78 is 1.53. The fourth-order valence-corrected chi connectivity index (χ4v) is 2.62. The zero-order chi connectivity index (χ0) is 14.4. The van der Waals surface area contributed by atoms with Crippen LogP contribution in [0.2, 0.25) is 0 Å². The first-order valence-corrected chi connectivity index (χ1v) is 6.58. The molecule has 0 saturated heterocycles. The van der Waals surface area contributed by atoms with E-state index in [0.717, 1.165) is 10.9 Å². The van der Waals surface area contributed by atoms with Crippen molar-refractivity contribution in [3.05, 3.63) is 60.6 Å². The Hall–Kier alpha value is -3.08. The number of para-hydroxylation sites is 2. The van der Waals surface area contributed by atoms with E-state index < -0.39 is 0 Å². The Balaban J connectivity index is 1.95. The Morgan fingerprint density at radius 1 is 1.14 bits per heavy atom. The number of carbonyl (C=O) groups excluding carboxylic acids is 1. The van der Waals surface area contributed by atoms with E-state index in [9.17, 15) is 4.79 Å². The Morgan fingerprint density at radius 2 is 2.00 bits per heavy atom. The van der Waals surface area contributed by atoms with Crippen LogP contribution >= 0.6 is 0 Å². The van der Waals surface area contributed by atoms with Gasteiger partial charge in [0.05, 0.1) is 22.3 Å². The van der Waals surface area contributed by atoms with Gasteiger partial charge in [-0.3, -0.25) is 9.36 Å². The average Bonchev–Trinajstić information content (AvgIpc) is 3.13. The number of imidazole rings is 1. The molecular weight excluding hydrogens is 264 g/mol. The predicted octanol–water partition coefficient (Wildman–Crippen LogP) is 2.79. The molecule has 0 saturated carbocycles. The lowest BCUT2D eigenvalue weighted by atomic mass is 10.1. The first-order chi connectivity index (χ1) is 10.3. The van der Waals surface area contributed by atoms with Gasteiger partial charge in [0.25, 0.3) is 5.91 Å². The molecule has 5 nitrogen and oxygen atoms in total. The third-order valence-electron chi connectivity index (χ3n) is 3.64. The Bertz CT molecular complexity index is 980. The number of nitrogen functional groups attached to an aromatic ring is 1. The predicted molar refractivity (Wildman–Crippen MR) is 82.2 cm³/mol. The van der Waals surface area contributed by atoms with Gasteiger partial charge in [0, 0.05) is 11.6 Å². The maximum Gasteiger partial charge on any atom is 0.265 e. The van der Waals surface area contributed by atoms with Crippen molar-refractivity contribution in [1.29, 1.82) is 0 Å². The molecule has 0 bridgehead atoms. The van der Waals surface area contributed by atoms with Gasteiger partial charge in [0.2, 0.25) is 0 Å². The molecule has 0 aliphatic heterocycles. The van der Waals surface area contributed by atoms with E-state index in [1.54, 1.807) is 12.1 Å². The Kier molecular flexibility index (Phi) is 2.35. The van der Waals surface area contributed by atoms with Crippen molar-refractivity contribution in [1.82, 2.24) is 14.5 Å². The van der Waals surface area contributed by atoms with E-state index >= 15 is 0 Å². The van der Waals surface area contributed by atoms with Crippen molar-refractivity contribution in [2.45, 2.75) is 0 Å². The lowest BCUT2D eigenvalue weighted by molar-refractivity contribution is 0.0966. The molecule has 2 heterocycles. The fourth-order valence-electron chi connectivity index (χ4n) is 2.62. The maximum absolute atomic E-state index is 12.8. The molecule has 3 N–H and O–H groups in total. The van der Waals surface area contributed by atoms with Gasteiger partial charge in [-0.25, -0.2) is 4.98 Å². The molecule has 0 amide bonds. The second-order valence-electron chi connectivity index (χ2n) is 4.88. The minimum Gasteiger partial charge on any atom is -0.397 e. The molecule has 0 aliphatic carbocycles. The van der Waals surface area contributed by atoms with Gasteiger partial charge in [-0.05, 0) is 24.3 Å². The summed E-state index contributed by atoms with van der Waals surface area (Å²) in [7, 11) is 0. The number of aromatic nitrogens is 3. The van der Waals surface area contributed by atoms with Gasteiger partial charge in [-0.2, -0.15) is 0 Å². The van der Waals surface area contributed by atoms with Crippen molar-refractivity contribution in [2.24, 2.45) is 0 Å². The number of anilines is 1. The highest BCUT2D eigenvalue weighted by atomic mass is 16.2. The average molecular weight is 276 g/mol. The molecule has 0 spiro atoms. The minimum atomic E-state index is -0.129. The fraction of sp³-hybridized carbons (Fsp3) is 0. The quantitative estimate of drug-likeness (QED) is 0.525. The van der Waals surface area contributed by atoms with Crippen LogP contribution in [0.15, 0.2) is 55.0 Å². The Labute approximate surface area is 120 Å². The zero-order valence-corrected chi connectivity index (χ0v) is 11.1. The van der Waals surface area contributed by atoms with Crippen molar-refractivity contribution in [2.75, 3.05) is 5.73 Å². The number of nitrogens with zero attached hydrogens (tertiary/aromatic N) is 2. The summed E-state index contributed by atoms with van der Waals surface area (Å²) in [4.78, 5) is 20.2. The monoisotopic (exact) mass is 276 g/mol. The van der Waals surface area contributed by atoms with Gasteiger partial charge in [0.1, 0.15) is 11.8 Å². The van der Waals surface area contributed by atoms with Crippen LogP contribution < -0.4 is 5.73 Å². The molecule has 0 radical (unpaired) electrons. The normalized spacial score (nSPS) is 11.2. The number of aromatic amines is 1. The van der Waals surface area contributed by atoms with E-state index in [2.05, 4.69) is 9.97 Å². The van der Waals surface area contributed by atoms with Crippen LogP contribution in [-0.2, 0) is 0 Å². The third-order valence-corrected chi connectivity index (χ3v) is 3.64. The third kappa shape index (κ3) is 1.64. The van der Waals surface area contributed by atoms with Crippen LogP contribution in [0.4, 0.5) is 5.69 Å². The molecule has 2 aromatic heterocycles. The Morgan fingerprint density at radius 3 is 2.90 bits per heavy atom. The molecular formula is C16H12N4O. The number of hydrogen-bond acceptors (Lipinski definition) is 3. The number of nitrogens with one attached hydrogen (secondary N) is 1. The van der Waals surface area contributed by atoms with Gasteiger partial charge in [-0.15, -0.1) is 0 Å². The highest BCUT2D eigenvalue weighted by Crippen LogP contribution is 2.22. The number of carbonyl (C=O) groups is 1. The van der Waals surface area contributed by atoms with E-state index in [1.807, 2.05) is 36.5 Å². The van der Waals surface area contributed by atoms with Crippen LogP contribution in [0.25, 0.3) is 21.9 Å². The molecule has 0 fully saturated rings. The largest absolute Gasteiger partial charge is 0.397 e. The number of nitrogens with two attached hydrogens (primary N) is 1. The number of benzene rings is 2. The number of rotatable bonds is 1. The number of hydrogen-bond donors (Lipinski definition) is 2. The van der Waals surface area contributed by atoms with Crippen molar-refractivity contribution >= 4 is 33.5 Å². The first-order valence-electron chi connectivity index (χ1n) is 6.58. The molecule has 0 atom stereocenters. The van der Waals surface area contributed by atoms with Crippen LogP contribution in [0, 0.1) is 0 Å². The highest BCUT2D eigenvalue weighted by molar-refractivity contribution is 6.09. The SMILES string of the molecule is Nc1cccc2c1ncn2C(=O)c1cccc2cc[nH]c12. The van der Waals surface area contributed by atoms with E-state index in [1.165, 1.54) is 10.9 Å². The van der Waals surface area contributed by atoms with E-state index in [4.69, 9.17) is 5.73 Å². The smallest absolute Gasteiger partial charge is 0.265 e. The van der Waals surface area contributed by atoms with E-state index in [0.29, 0.717) is 22.3 Å². The lowest BCUT2D eigenvalue weighted by Crippen LogP contribution is -2.11. The summed E-state index contributed by atoms with van der Waals surface area (Å²) in [6, 6.07) is 13.0. The van der Waals surface area contributed by atoms with Crippen LogP contribution in [0.1, 0.15) is 10.4 Å². The minimum absolute atomic E-state index is 0.129. The molecule has 2 aromatic carbocycles. The van der Waals surface area contributed by atoms with Crippen molar-refractivity contribution < 1.29 is 4.79 Å². The van der Waals surface area contributed by atoms with Gasteiger partial charge in [0.15, 0.2) is 0 Å². The van der Waals surface area contributed by atoms with Crippen LogP contribution in [-0.4, -0.2) is 20.4 Å². The summed E-state index contributed by atoms with van der Waals surface area (Å²) in [6.07, 6.45) is 3.34. The zero-order valence-electron chi connectivity index (χ0n) is 11.1. The van der Waals surface area contributed by atoms with Crippen LogP contribution in [0.3, 0.4) is 0 Å². The summed E-state index contributed by atoms with van der Waals surface area (Å²) in [5.41, 5.74) is 9.25. The van der Waals surface area contributed by atoms with Gasteiger partial charge >= 0.3 is 0 Å². The molecule has 5 heteroatoms. The standard InChI is InChI=1S/C16H12N4O/c17-12-5-2-6-13-15(12)19-9-20(13)16(21)11-4-1-3-10-7-8-18-14(10)11/h1-9,18H,17H2. The summed E-state index contributed by atoms with van der Waals surface area (Å²) in [6.45, 7) is 0. The van der Waals surface area contributed by atoms with Crippen molar-refractivity contribution in [3.8, 4) is 0 Å². The van der Waals surface area contributed by atoms with E-state index in [-0.39, 0.29) is 5.91 Å². The topological polar surface area (TPSA) is 76.7 Å². The molecule has 0 unspecified atom stereocenters. The maximum atomic E-state index is 12.8. The molecule has 21 heavy (non-hydrogen) atoms. The summed E-state index contributed by atoms with van der Waals surface area (Å²) in [5, 5.41) is 1.00. The molecule has 0 aliphatic rings. The van der Waals surface area contributed by atoms with Crippen LogP contribution in [0.5, 0.6) is 0 Å². The lowest BCUT2D eigenvalue weighted by Gasteiger charge is -2.05. The highest BCUT2D eigenvalue weighted by Gasteiger charge is 2.16. The molecule has 4 rings (SSSR count). The second kappa shape index (κ2) is 4.21. The summed E-state index contributed by atoms with van der Waals surface area (Å²) >= 11 is 0. The molecule has 4 aromatic rings. The number of H-pyrrole nitrogens is 1. The second-order valence-corrected chi connectivity index (χ2v) is 4.88. The van der Waals surface area contributed by atoms with Gasteiger partial charge < -0.3 is 10.7 Å². The first kappa shape index (κ1) is 11.7. The summed E-state index contributed by atoms with van der Waals surface area (Å²) in [5.74, 6) is -0.129.